The highest BCUT2D eigenvalue weighted by molar-refractivity contribution is 7.99. The van der Waals surface area contributed by atoms with Gasteiger partial charge in [0, 0.05) is 11.8 Å². The predicted molar refractivity (Wildman–Crippen MR) is 54.3 cm³/mol. The molecule has 1 atom stereocenters. The van der Waals surface area contributed by atoms with E-state index in [9.17, 15) is 9.59 Å². The number of thioether (sulfide) groups is 1. The van der Waals surface area contributed by atoms with Gasteiger partial charge in [-0.25, -0.2) is 9.59 Å². The second-order valence-corrected chi connectivity index (χ2v) is 3.83. The number of hydrogen-bond donors (Lipinski definition) is 0. The van der Waals surface area contributed by atoms with Gasteiger partial charge in [-0.15, -0.1) is 0 Å². The minimum Gasteiger partial charge on any atom is -0.451 e. The Morgan fingerprint density at radius 2 is 2.40 bits per heavy atom. The van der Waals surface area contributed by atoms with Gasteiger partial charge < -0.3 is 14.2 Å². The van der Waals surface area contributed by atoms with Crippen LogP contribution in [0.5, 0.6) is 0 Å². The van der Waals surface area contributed by atoms with Crippen LogP contribution in [0, 0.1) is 0 Å². The number of ether oxygens (including phenoxy) is 3. The first-order valence-electron chi connectivity index (χ1n) is 4.40. The number of carbonyl (C=O) groups is 2. The maximum Gasteiger partial charge on any atom is 0.346 e. The van der Waals surface area contributed by atoms with Crippen LogP contribution in [0.4, 0.5) is 0 Å². The lowest BCUT2D eigenvalue weighted by molar-refractivity contribution is -0.180. The highest BCUT2D eigenvalue weighted by Crippen LogP contribution is 2.13. The van der Waals surface area contributed by atoms with Crippen LogP contribution >= 0.6 is 11.8 Å². The zero-order valence-electron chi connectivity index (χ0n) is 8.14. The fourth-order valence-corrected chi connectivity index (χ4v) is 1.64. The molecule has 1 aliphatic rings. The van der Waals surface area contributed by atoms with Crippen LogP contribution < -0.4 is 0 Å². The summed E-state index contributed by atoms with van der Waals surface area (Å²) < 4.78 is 14.6. The molecule has 0 spiro atoms. The first kappa shape index (κ1) is 12.1. The third-order valence-corrected chi connectivity index (χ3v) is 2.51. The van der Waals surface area contributed by atoms with Crippen molar-refractivity contribution in [2.45, 2.75) is 6.29 Å². The van der Waals surface area contributed by atoms with Gasteiger partial charge in [0.1, 0.15) is 0 Å². The maximum absolute atomic E-state index is 11.1. The molecule has 0 bridgehead atoms. The quantitative estimate of drug-likeness (QED) is 0.515. The van der Waals surface area contributed by atoms with Gasteiger partial charge in [0.25, 0.3) is 0 Å². The summed E-state index contributed by atoms with van der Waals surface area (Å²) in [5, 5.41) is 0. The van der Waals surface area contributed by atoms with Crippen LogP contribution in [-0.4, -0.2) is 42.9 Å². The lowest BCUT2D eigenvalue weighted by atomic mass is 10.6. The van der Waals surface area contributed by atoms with Gasteiger partial charge in [-0.05, 0) is 0 Å². The van der Waals surface area contributed by atoms with Gasteiger partial charge in [0.05, 0.1) is 12.4 Å². The van der Waals surface area contributed by atoms with Gasteiger partial charge >= 0.3 is 11.9 Å². The Balaban J connectivity index is 2.17. The van der Waals surface area contributed by atoms with E-state index in [2.05, 4.69) is 11.3 Å². The van der Waals surface area contributed by atoms with Crippen LogP contribution in [0.15, 0.2) is 12.7 Å². The molecule has 1 rings (SSSR count). The normalized spacial score (nSPS) is 20.4. The van der Waals surface area contributed by atoms with Crippen molar-refractivity contribution in [2.24, 2.45) is 0 Å². The zero-order chi connectivity index (χ0) is 11.1. The molecule has 5 nitrogen and oxygen atoms in total. The van der Waals surface area contributed by atoms with E-state index in [-0.39, 0.29) is 0 Å². The Labute approximate surface area is 91.8 Å². The van der Waals surface area contributed by atoms with Crippen molar-refractivity contribution in [1.29, 1.82) is 0 Å². The van der Waals surface area contributed by atoms with Crippen molar-refractivity contribution in [1.82, 2.24) is 0 Å². The van der Waals surface area contributed by atoms with Crippen molar-refractivity contribution < 1.29 is 23.8 Å². The van der Waals surface area contributed by atoms with E-state index >= 15 is 0 Å². The highest BCUT2D eigenvalue weighted by atomic mass is 32.2. The second kappa shape index (κ2) is 6.47. The Bertz CT molecular complexity index is 247. The average Bonchev–Trinajstić information content (AvgIpc) is 2.27. The maximum atomic E-state index is 11.1. The third-order valence-electron chi connectivity index (χ3n) is 1.55. The molecular formula is C9H12O5S. The molecule has 0 N–H and O–H groups in total. The number of carbonyl (C=O) groups excluding carboxylic acids is 2. The monoisotopic (exact) mass is 232 g/mol. The van der Waals surface area contributed by atoms with Gasteiger partial charge in [-0.2, -0.15) is 11.8 Å². The Morgan fingerprint density at radius 3 is 3.00 bits per heavy atom. The Kier molecular flexibility index (Phi) is 5.20. The average molecular weight is 232 g/mol. The third kappa shape index (κ3) is 4.85. The SMILES string of the molecule is C=CC(=O)OCC(=O)OC1CSCCO1. The Morgan fingerprint density at radius 1 is 1.60 bits per heavy atom. The van der Waals surface area contributed by atoms with Crippen molar-refractivity contribution in [3.63, 3.8) is 0 Å². The smallest absolute Gasteiger partial charge is 0.346 e. The summed E-state index contributed by atoms with van der Waals surface area (Å²) in [4.78, 5) is 21.7. The van der Waals surface area contributed by atoms with Crippen molar-refractivity contribution in [2.75, 3.05) is 24.7 Å². The molecule has 84 valence electrons. The zero-order valence-corrected chi connectivity index (χ0v) is 8.96. The molecule has 15 heavy (non-hydrogen) atoms. The van der Waals surface area contributed by atoms with Crippen LogP contribution in [-0.2, 0) is 23.8 Å². The van der Waals surface area contributed by atoms with Crippen molar-refractivity contribution >= 4 is 23.7 Å². The summed E-state index contributed by atoms with van der Waals surface area (Å²) in [6.07, 6.45) is 0.457. The lowest BCUT2D eigenvalue weighted by Crippen LogP contribution is -2.30. The molecular weight excluding hydrogens is 220 g/mol. The molecule has 1 fully saturated rings. The highest BCUT2D eigenvalue weighted by Gasteiger charge is 2.18. The molecule has 0 aromatic carbocycles. The van der Waals surface area contributed by atoms with E-state index in [1.54, 1.807) is 11.8 Å². The fraction of sp³-hybridized carbons (Fsp3) is 0.556. The van der Waals surface area contributed by atoms with Gasteiger partial charge in [-0.1, -0.05) is 6.58 Å². The molecule has 1 heterocycles. The molecule has 0 amide bonds. The molecule has 0 radical (unpaired) electrons. The van der Waals surface area contributed by atoms with Gasteiger partial charge in [-0.3, -0.25) is 0 Å². The molecule has 1 saturated heterocycles. The molecule has 0 aromatic heterocycles. The topological polar surface area (TPSA) is 61.8 Å². The van der Waals surface area contributed by atoms with Crippen LogP contribution in [0.3, 0.4) is 0 Å². The predicted octanol–water partition coefficient (Wildman–Crippen LogP) is 0.348. The minimum atomic E-state index is -0.647. The standard InChI is InChI=1S/C9H12O5S/c1-2-7(10)13-5-8(11)14-9-6-15-4-3-12-9/h2,9H,1,3-6H2. The van der Waals surface area contributed by atoms with Gasteiger partial charge in [0.15, 0.2) is 6.61 Å². The van der Waals surface area contributed by atoms with Crippen LogP contribution in [0.1, 0.15) is 0 Å². The number of rotatable bonds is 4. The molecule has 6 heteroatoms. The minimum absolute atomic E-state index is 0.407. The summed E-state index contributed by atoms with van der Waals surface area (Å²) in [7, 11) is 0. The van der Waals surface area contributed by atoms with Crippen molar-refractivity contribution in [3.05, 3.63) is 12.7 Å². The van der Waals surface area contributed by atoms with E-state index in [4.69, 9.17) is 9.47 Å². The first-order valence-corrected chi connectivity index (χ1v) is 5.56. The van der Waals surface area contributed by atoms with Crippen LogP contribution in [0.2, 0.25) is 0 Å². The second-order valence-electron chi connectivity index (χ2n) is 2.68. The van der Waals surface area contributed by atoms with Gasteiger partial charge in [0.2, 0.25) is 6.29 Å². The van der Waals surface area contributed by atoms with Crippen molar-refractivity contribution in [3.8, 4) is 0 Å². The van der Waals surface area contributed by atoms with E-state index in [1.165, 1.54) is 0 Å². The molecule has 1 aliphatic heterocycles. The van der Waals surface area contributed by atoms with Crippen LogP contribution in [0.25, 0.3) is 0 Å². The number of hydrogen-bond acceptors (Lipinski definition) is 6. The lowest BCUT2D eigenvalue weighted by Gasteiger charge is -2.21. The molecule has 0 aromatic rings. The summed E-state index contributed by atoms with van der Waals surface area (Å²) in [6.45, 7) is 3.36. The van der Waals surface area contributed by atoms with E-state index < -0.39 is 24.8 Å². The Hall–Kier alpha value is -1.01. The summed E-state index contributed by atoms with van der Waals surface area (Å²) in [5.74, 6) is 0.254. The number of esters is 2. The first-order chi connectivity index (χ1) is 7.22. The fourth-order valence-electron chi connectivity index (χ4n) is 0.904. The molecule has 0 saturated carbocycles. The molecule has 0 aliphatic carbocycles. The summed E-state index contributed by atoms with van der Waals surface area (Å²) in [6, 6.07) is 0. The summed E-state index contributed by atoms with van der Waals surface area (Å²) in [5.41, 5.74) is 0. The largest absolute Gasteiger partial charge is 0.451 e. The summed E-state index contributed by atoms with van der Waals surface area (Å²) >= 11 is 1.65. The van der Waals surface area contributed by atoms with E-state index in [0.717, 1.165) is 11.8 Å². The van der Waals surface area contributed by atoms with E-state index in [1.807, 2.05) is 0 Å². The molecule has 1 unspecified atom stereocenters. The van der Waals surface area contributed by atoms with E-state index in [0.29, 0.717) is 12.4 Å².